The summed E-state index contributed by atoms with van der Waals surface area (Å²) in [7, 11) is 0. The van der Waals surface area contributed by atoms with Crippen LogP contribution in [0.25, 0.3) is 0 Å². The van der Waals surface area contributed by atoms with Crippen LogP contribution in [0.2, 0.25) is 0 Å². The van der Waals surface area contributed by atoms with E-state index in [0.29, 0.717) is 0 Å². The van der Waals surface area contributed by atoms with Gasteiger partial charge in [0.15, 0.2) is 0 Å². The van der Waals surface area contributed by atoms with Crippen LogP contribution in [0, 0.1) is 0 Å². The van der Waals surface area contributed by atoms with Crippen LogP contribution in [0.3, 0.4) is 0 Å². The Morgan fingerprint density at radius 2 is 1.74 bits per heavy atom. The Hall–Kier alpha value is -1.12. The molecule has 0 bridgehead atoms. The highest BCUT2D eigenvalue weighted by Gasteiger charge is 2.24. The minimum absolute atomic E-state index is 0.817. The lowest BCUT2D eigenvalue weighted by molar-refractivity contribution is 0.112. The molecular formula is C17H24N2. The molecule has 1 saturated heterocycles. The number of hydrogen-bond acceptors (Lipinski definition) is 2. The molecule has 1 aromatic rings. The number of benzene rings is 1. The van der Waals surface area contributed by atoms with Crippen LogP contribution in [0.4, 0.5) is 0 Å². The zero-order valence-electron chi connectivity index (χ0n) is 11.7. The lowest BCUT2D eigenvalue weighted by Crippen LogP contribution is -2.45. The van der Waals surface area contributed by atoms with Crippen molar-refractivity contribution < 1.29 is 0 Å². The average Bonchev–Trinajstić information content (AvgIpc) is 2.50. The highest BCUT2D eigenvalue weighted by molar-refractivity contribution is 5.14. The first kappa shape index (κ1) is 12.9. The Morgan fingerprint density at radius 3 is 2.42 bits per heavy atom. The van der Waals surface area contributed by atoms with Crippen LogP contribution in [0.5, 0.6) is 0 Å². The molecule has 0 radical (unpaired) electrons. The van der Waals surface area contributed by atoms with Crippen LogP contribution in [0.15, 0.2) is 42.5 Å². The molecule has 0 amide bonds. The second kappa shape index (κ2) is 6.36. The van der Waals surface area contributed by atoms with Crippen LogP contribution >= 0.6 is 0 Å². The standard InChI is InChI=1S/C17H24N2/c1-3-7-16(8-4-1)15-18-13-9-17(10-14-18)19-11-5-2-6-12-19/h1-5,7-8,17H,6,9-15H2. The molecule has 0 N–H and O–H groups in total. The van der Waals surface area contributed by atoms with E-state index in [2.05, 4.69) is 52.3 Å². The maximum Gasteiger partial charge on any atom is 0.0233 e. The molecule has 3 rings (SSSR count). The molecule has 2 heterocycles. The van der Waals surface area contributed by atoms with E-state index in [4.69, 9.17) is 0 Å². The van der Waals surface area contributed by atoms with Gasteiger partial charge in [0.2, 0.25) is 0 Å². The summed E-state index contributed by atoms with van der Waals surface area (Å²) in [5.74, 6) is 0. The highest BCUT2D eigenvalue weighted by Crippen LogP contribution is 2.20. The number of rotatable bonds is 3. The van der Waals surface area contributed by atoms with Crippen molar-refractivity contribution in [2.75, 3.05) is 26.2 Å². The van der Waals surface area contributed by atoms with E-state index in [-0.39, 0.29) is 0 Å². The van der Waals surface area contributed by atoms with Crippen molar-refractivity contribution in [1.82, 2.24) is 9.80 Å². The minimum Gasteiger partial charge on any atom is -0.299 e. The van der Waals surface area contributed by atoms with Gasteiger partial charge in [0.25, 0.3) is 0 Å². The zero-order valence-corrected chi connectivity index (χ0v) is 11.7. The predicted octanol–water partition coefficient (Wildman–Crippen LogP) is 2.91. The summed E-state index contributed by atoms with van der Waals surface area (Å²) >= 11 is 0. The topological polar surface area (TPSA) is 6.48 Å². The van der Waals surface area contributed by atoms with Gasteiger partial charge in [-0.2, -0.15) is 0 Å². The molecule has 1 fully saturated rings. The third-order valence-electron chi connectivity index (χ3n) is 4.41. The van der Waals surface area contributed by atoms with Gasteiger partial charge in [0, 0.05) is 25.7 Å². The van der Waals surface area contributed by atoms with E-state index in [1.165, 1.54) is 51.0 Å². The van der Waals surface area contributed by atoms with Gasteiger partial charge in [-0.25, -0.2) is 0 Å². The van der Waals surface area contributed by atoms with Crippen LogP contribution in [-0.4, -0.2) is 42.0 Å². The van der Waals surface area contributed by atoms with Crippen molar-refractivity contribution in [3.8, 4) is 0 Å². The van der Waals surface area contributed by atoms with Crippen molar-refractivity contribution in [1.29, 1.82) is 0 Å². The van der Waals surface area contributed by atoms with E-state index >= 15 is 0 Å². The second-order valence-corrected chi connectivity index (χ2v) is 5.75. The summed E-state index contributed by atoms with van der Waals surface area (Å²) < 4.78 is 0. The van der Waals surface area contributed by atoms with Crippen molar-refractivity contribution in [2.45, 2.75) is 31.8 Å². The largest absolute Gasteiger partial charge is 0.299 e. The first-order valence-electron chi connectivity index (χ1n) is 7.57. The average molecular weight is 256 g/mol. The number of hydrogen-bond donors (Lipinski definition) is 0. The molecule has 0 aliphatic carbocycles. The SMILES string of the molecule is C1=CCN(C2CCN(Cc3ccccc3)CC2)CC1. The molecule has 19 heavy (non-hydrogen) atoms. The molecule has 2 aliphatic heterocycles. The summed E-state index contributed by atoms with van der Waals surface area (Å²) in [6.07, 6.45) is 8.56. The maximum absolute atomic E-state index is 2.67. The van der Waals surface area contributed by atoms with Gasteiger partial charge in [-0.15, -0.1) is 0 Å². The number of nitrogens with zero attached hydrogens (tertiary/aromatic N) is 2. The van der Waals surface area contributed by atoms with E-state index < -0.39 is 0 Å². The van der Waals surface area contributed by atoms with E-state index in [9.17, 15) is 0 Å². The number of likely N-dealkylation sites (tertiary alicyclic amines) is 1. The van der Waals surface area contributed by atoms with Gasteiger partial charge in [-0.05, 0) is 37.9 Å². The molecule has 2 nitrogen and oxygen atoms in total. The molecule has 0 saturated carbocycles. The Morgan fingerprint density at radius 1 is 0.947 bits per heavy atom. The lowest BCUT2D eigenvalue weighted by Gasteiger charge is -2.39. The van der Waals surface area contributed by atoms with Gasteiger partial charge in [-0.3, -0.25) is 9.80 Å². The van der Waals surface area contributed by atoms with Crippen molar-refractivity contribution in [2.24, 2.45) is 0 Å². The Labute approximate surface area is 116 Å². The summed E-state index contributed by atoms with van der Waals surface area (Å²) in [6.45, 7) is 6.05. The fraction of sp³-hybridized carbons (Fsp3) is 0.529. The van der Waals surface area contributed by atoms with Crippen LogP contribution in [0.1, 0.15) is 24.8 Å². The maximum atomic E-state index is 2.67. The number of piperidine rings is 1. The summed E-state index contributed by atoms with van der Waals surface area (Å²) in [5, 5.41) is 0. The molecule has 1 aromatic carbocycles. The molecule has 2 heteroatoms. The Balaban J connectivity index is 1.48. The molecule has 0 unspecified atom stereocenters. The molecule has 102 valence electrons. The van der Waals surface area contributed by atoms with Crippen molar-refractivity contribution in [3.05, 3.63) is 48.0 Å². The van der Waals surface area contributed by atoms with Crippen molar-refractivity contribution in [3.63, 3.8) is 0 Å². The van der Waals surface area contributed by atoms with Crippen molar-refractivity contribution >= 4 is 0 Å². The fourth-order valence-corrected chi connectivity index (χ4v) is 3.28. The molecule has 0 atom stereocenters. The summed E-state index contributed by atoms with van der Waals surface area (Å²) in [4.78, 5) is 5.27. The minimum atomic E-state index is 0.817. The van der Waals surface area contributed by atoms with E-state index in [0.717, 1.165) is 12.6 Å². The van der Waals surface area contributed by atoms with Gasteiger partial charge in [0.05, 0.1) is 0 Å². The smallest absolute Gasteiger partial charge is 0.0233 e. The predicted molar refractivity (Wildman–Crippen MR) is 80.1 cm³/mol. The highest BCUT2D eigenvalue weighted by atomic mass is 15.2. The van der Waals surface area contributed by atoms with Crippen LogP contribution < -0.4 is 0 Å². The summed E-state index contributed by atoms with van der Waals surface area (Å²) in [5.41, 5.74) is 1.45. The molecule has 0 aromatic heterocycles. The van der Waals surface area contributed by atoms with Gasteiger partial charge in [-0.1, -0.05) is 42.5 Å². The first-order valence-corrected chi connectivity index (χ1v) is 7.57. The van der Waals surface area contributed by atoms with Crippen LogP contribution in [-0.2, 0) is 6.54 Å². The summed E-state index contributed by atoms with van der Waals surface area (Å²) in [6, 6.07) is 11.7. The molecular weight excluding hydrogens is 232 g/mol. The normalized spacial score (nSPS) is 22.7. The third-order valence-corrected chi connectivity index (χ3v) is 4.41. The van der Waals surface area contributed by atoms with E-state index in [1.54, 1.807) is 0 Å². The third kappa shape index (κ3) is 3.46. The van der Waals surface area contributed by atoms with Gasteiger partial charge < -0.3 is 0 Å². The Kier molecular flexibility index (Phi) is 4.31. The first-order chi connectivity index (χ1) is 9.42. The Bertz CT molecular complexity index is 405. The fourth-order valence-electron chi connectivity index (χ4n) is 3.28. The quantitative estimate of drug-likeness (QED) is 0.767. The second-order valence-electron chi connectivity index (χ2n) is 5.75. The van der Waals surface area contributed by atoms with E-state index in [1.807, 2.05) is 0 Å². The zero-order chi connectivity index (χ0) is 12.9. The lowest BCUT2D eigenvalue weighted by atomic mass is 10.0. The molecule has 2 aliphatic rings. The van der Waals surface area contributed by atoms with Gasteiger partial charge >= 0.3 is 0 Å². The molecule has 0 spiro atoms. The monoisotopic (exact) mass is 256 g/mol. The van der Waals surface area contributed by atoms with Gasteiger partial charge in [0.1, 0.15) is 0 Å².